The molecule has 0 atom stereocenters. The first-order valence-electron chi connectivity index (χ1n) is 4.32. The maximum absolute atomic E-state index is 4.84. The summed E-state index contributed by atoms with van der Waals surface area (Å²) in [5.74, 6) is 0.613. The van der Waals surface area contributed by atoms with Gasteiger partial charge in [0.15, 0.2) is 0 Å². The third-order valence-corrected chi connectivity index (χ3v) is 1.53. The van der Waals surface area contributed by atoms with Crippen LogP contribution in [0.15, 0.2) is 12.4 Å². The van der Waals surface area contributed by atoms with Crippen molar-refractivity contribution in [2.24, 2.45) is 5.92 Å². The summed E-state index contributed by atoms with van der Waals surface area (Å²) < 4.78 is 4.84. The Morgan fingerprint density at radius 1 is 1.38 bits per heavy atom. The third kappa shape index (κ3) is 3.27. The molecule has 1 N–H and O–H groups in total. The zero-order valence-electron chi connectivity index (χ0n) is 8.24. The quantitative estimate of drug-likeness (QED) is 0.765. The lowest BCUT2D eigenvalue weighted by molar-refractivity contribution is 0.380. The average Bonchev–Trinajstić information content (AvgIpc) is 2.15. The van der Waals surface area contributed by atoms with Gasteiger partial charge < -0.3 is 10.1 Å². The van der Waals surface area contributed by atoms with Crippen LogP contribution in [0.1, 0.15) is 13.8 Å². The van der Waals surface area contributed by atoms with Crippen LogP contribution >= 0.6 is 0 Å². The summed E-state index contributed by atoms with van der Waals surface area (Å²) in [7, 11) is 1.55. The van der Waals surface area contributed by atoms with Gasteiger partial charge in [0.2, 0.25) is 0 Å². The van der Waals surface area contributed by atoms with E-state index in [-0.39, 0.29) is 0 Å². The van der Waals surface area contributed by atoms with Gasteiger partial charge in [0.1, 0.15) is 0 Å². The molecule has 0 bridgehead atoms. The number of nitrogens with one attached hydrogen (secondary N) is 1. The third-order valence-electron chi connectivity index (χ3n) is 1.53. The molecular weight excluding hydrogens is 166 g/mol. The molecule has 1 aromatic rings. The Morgan fingerprint density at radius 2 is 2.00 bits per heavy atom. The van der Waals surface area contributed by atoms with Crippen LogP contribution in [0.2, 0.25) is 0 Å². The van der Waals surface area contributed by atoms with Crippen LogP contribution in [0.3, 0.4) is 0 Å². The van der Waals surface area contributed by atoms with E-state index in [0.717, 1.165) is 12.2 Å². The standard InChI is InChI=1S/C9H15N3O/c1-7(2)4-10-8-5-11-9(13-3)12-6-8/h5-7,10H,4H2,1-3H3. The van der Waals surface area contributed by atoms with E-state index in [1.54, 1.807) is 19.5 Å². The van der Waals surface area contributed by atoms with Crippen LogP contribution < -0.4 is 10.1 Å². The number of aromatic nitrogens is 2. The van der Waals surface area contributed by atoms with E-state index in [9.17, 15) is 0 Å². The second-order valence-electron chi connectivity index (χ2n) is 3.23. The van der Waals surface area contributed by atoms with Crippen LogP contribution in [-0.4, -0.2) is 23.6 Å². The largest absolute Gasteiger partial charge is 0.467 e. The Labute approximate surface area is 78.4 Å². The number of hydrogen-bond acceptors (Lipinski definition) is 4. The van der Waals surface area contributed by atoms with Crippen molar-refractivity contribution in [2.75, 3.05) is 19.0 Å². The van der Waals surface area contributed by atoms with Crippen LogP contribution in [0.25, 0.3) is 0 Å². The van der Waals surface area contributed by atoms with E-state index < -0.39 is 0 Å². The van der Waals surface area contributed by atoms with Gasteiger partial charge in [-0.15, -0.1) is 0 Å². The molecule has 0 fully saturated rings. The van der Waals surface area contributed by atoms with Gasteiger partial charge in [-0.25, -0.2) is 9.97 Å². The lowest BCUT2D eigenvalue weighted by Crippen LogP contribution is -2.08. The predicted molar refractivity (Wildman–Crippen MR) is 51.9 cm³/mol. The molecule has 0 aromatic carbocycles. The van der Waals surface area contributed by atoms with Crippen molar-refractivity contribution in [1.29, 1.82) is 0 Å². The highest BCUT2D eigenvalue weighted by Gasteiger charge is 1.97. The molecule has 0 unspecified atom stereocenters. The summed E-state index contributed by atoms with van der Waals surface area (Å²) in [5.41, 5.74) is 0.925. The van der Waals surface area contributed by atoms with E-state index in [2.05, 4.69) is 29.1 Å². The Balaban J connectivity index is 2.49. The molecule has 72 valence electrons. The fourth-order valence-electron chi connectivity index (χ4n) is 0.835. The van der Waals surface area contributed by atoms with Gasteiger partial charge in [0.25, 0.3) is 0 Å². The summed E-state index contributed by atoms with van der Waals surface area (Å²) in [5, 5.41) is 3.21. The molecule has 0 aliphatic heterocycles. The number of methoxy groups -OCH3 is 1. The average molecular weight is 181 g/mol. The van der Waals surface area contributed by atoms with E-state index >= 15 is 0 Å². The van der Waals surface area contributed by atoms with E-state index in [4.69, 9.17) is 4.74 Å². The summed E-state index contributed by atoms with van der Waals surface area (Å²) >= 11 is 0. The molecule has 4 nitrogen and oxygen atoms in total. The molecule has 1 heterocycles. The number of nitrogens with zero attached hydrogens (tertiary/aromatic N) is 2. The first kappa shape index (κ1) is 9.77. The normalized spacial score (nSPS) is 10.2. The molecule has 13 heavy (non-hydrogen) atoms. The van der Waals surface area contributed by atoms with Gasteiger partial charge in [-0.1, -0.05) is 13.8 Å². The summed E-state index contributed by atoms with van der Waals surface area (Å²) in [4.78, 5) is 7.96. The van der Waals surface area contributed by atoms with Gasteiger partial charge in [-0.05, 0) is 5.92 Å². The van der Waals surface area contributed by atoms with Crippen LogP contribution in [-0.2, 0) is 0 Å². The van der Waals surface area contributed by atoms with E-state index in [1.807, 2.05) is 0 Å². The lowest BCUT2D eigenvalue weighted by Gasteiger charge is -2.07. The molecular formula is C9H15N3O. The van der Waals surface area contributed by atoms with Crippen LogP contribution in [0, 0.1) is 5.92 Å². The van der Waals surface area contributed by atoms with Gasteiger partial charge >= 0.3 is 6.01 Å². The molecule has 4 heteroatoms. The predicted octanol–water partition coefficient (Wildman–Crippen LogP) is 1.55. The first-order chi connectivity index (χ1) is 6.22. The number of anilines is 1. The minimum absolute atomic E-state index is 0.398. The minimum atomic E-state index is 0.398. The van der Waals surface area contributed by atoms with Crippen molar-refractivity contribution in [3.63, 3.8) is 0 Å². The summed E-state index contributed by atoms with van der Waals surface area (Å²) in [6, 6.07) is 0.398. The van der Waals surface area contributed by atoms with Gasteiger partial charge in [0.05, 0.1) is 25.2 Å². The summed E-state index contributed by atoms with van der Waals surface area (Å²) in [6.07, 6.45) is 3.43. The molecule has 0 aliphatic carbocycles. The maximum atomic E-state index is 4.84. The van der Waals surface area contributed by atoms with Crippen LogP contribution in [0.4, 0.5) is 5.69 Å². The number of rotatable bonds is 4. The smallest absolute Gasteiger partial charge is 0.316 e. The van der Waals surface area contributed by atoms with Crippen molar-refractivity contribution in [3.05, 3.63) is 12.4 Å². The Kier molecular flexibility index (Phi) is 3.49. The molecule has 1 rings (SSSR count). The van der Waals surface area contributed by atoms with Crippen LogP contribution in [0.5, 0.6) is 6.01 Å². The molecule has 0 spiro atoms. The highest BCUT2D eigenvalue weighted by atomic mass is 16.5. The zero-order valence-corrected chi connectivity index (χ0v) is 8.24. The Hall–Kier alpha value is -1.32. The molecule has 1 aromatic heterocycles. The van der Waals surface area contributed by atoms with Crippen molar-refractivity contribution in [3.8, 4) is 6.01 Å². The highest BCUT2D eigenvalue weighted by Crippen LogP contribution is 2.07. The van der Waals surface area contributed by atoms with Gasteiger partial charge in [-0.2, -0.15) is 0 Å². The number of ether oxygens (including phenoxy) is 1. The van der Waals surface area contributed by atoms with E-state index in [0.29, 0.717) is 11.9 Å². The second-order valence-corrected chi connectivity index (χ2v) is 3.23. The maximum Gasteiger partial charge on any atom is 0.316 e. The lowest BCUT2D eigenvalue weighted by atomic mass is 10.2. The molecule has 0 aliphatic rings. The zero-order chi connectivity index (χ0) is 9.68. The SMILES string of the molecule is COc1ncc(NCC(C)C)cn1. The fourth-order valence-corrected chi connectivity index (χ4v) is 0.835. The van der Waals surface area contributed by atoms with Crippen molar-refractivity contribution in [2.45, 2.75) is 13.8 Å². The Bertz CT molecular complexity index is 246. The first-order valence-corrected chi connectivity index (χ1v) is 4.32. The number of hydrogen-bond donors (Lipinski definition) is 1. The molecule has 0 saturated carbocycles. The second kappa shape index (κ2) is 4.64. The van der Waals surface area contributed by atoms with Gasteiger partial charge in [-0.3, -0.25) is 0 Å². The molecule has 0 saturated heterocycles. The van der Waals surface area contributed by atoms with E-state index in [1.165, 1.54) is 0 Å². The minimum Gasteiger partial charge on any atom is -0.467 e. The fraction of sp³-hybridized carbons (Fsp3) is 0.556. The van der Waals surface area contributed by atoms with Crippen molar-refractivity contribution >= 4 is 5.69 Å². The van der Waals surface area contributed by atoms with Crippen molar-refractivity contribution in [1.82, 2.24) is 9.97 Å². The topological polar surface area (TPSA) is 47.0 Å². The van der Waals surface area contributed by atoms with Crippen molar-refractivity contribution < 1.29 is 4.74 Å². The highest BCUT2D eigenvalue weighted by molar-refractivity contribution is 5.38. The monoisotopic (exact) mass is 181 g/mol. The van der Waals surface area contributed by atoms with Gasteiger partial charge in [0, 0.05) is 6.54 Å². The molecule has 0 radical (unpaired) electrons. The summed E-state index contributed by atoms with van der Waals surface area (Å²) in [6.45, 7) is 5.23. The Morgan fingerprint density at radius 3 is 2.46 bits per heavy atom. The molecule has 0 amide bonds.